The first-order valence-corrected chi connectivity index (χ1v) is 4.58. The number of carbonyl (C=O) groups excluding carboxylic acids is 2. The highest BCUT2D eigenvalue weighted by Gasteiger charge is 2.43. The van der Waals surface area contributed by atoms with Gasteiger partial charge in [-0.1, -0.05) is 0 Å². The number of hydrogen-bond donors (Lipinski definition) is 0. The highest BCUT2D eigenvalue weighted by Crippen LogP contribution is 2.16. The second kappa shape index (κ2) is 5.94. The number of hydrogen-bond acceptors (Lipinski definition) is 5. The molecule has 0 radical (unpaired) electrons. The van der Waals surface area contributed by atoms with Crippen LogP contribution in [-0.4, -0.2) is 23.1 Å². The van der Waals surface area contributed by atoms with Gasteiger partial charge in [-0.3, -0.25) is 4.98 Å². The zero-order chi connectivity index (χ0) is 14.5. The molecule has 0 atom stereocenters. The Labute approximate surface area is 103 Å². The minimum Gasteiger partial charge on any atom is -0.254 e. The molecule has 9 heteroatoms. The lowest BCUT2D eigenvalue weighted by molar-refractivity contribution is -0.282. The summed E-state index contributed by atoms with van der Waals surface area (Å²) in [5.41, 5.74) is 0.153. The van der Waals surface area contributed by atoms with Crippen LogP contribution in [0.5, 0.6) is 0 Å². The van der Waals surface area contributed by atoms with Gasteiger partial charge in [0.05, 0.1) is 11.9 Å². The molecule has 5 nitrogen and oxygen atoms in total. The lowest BCUT2D eigenvalue weighted by Gasteiger charge is -2.03. The van der Waals surface area contributed by atoms with Gasteiger partial charge in [0, 0.05) is 6.08 Å². The van der Waals surface area contributed by atoms with Crippen molar-refractivity contribution in [1.29, 1.82) is 0 Å². The van der Waals surface area contributed by atoms with E-state index >= 15 is 0 Å². The van der Waals surface area contributed by atoms with Crippen LogP contribution >= 0.6 is 0 Å². The van der Waals surface area contributed by atoms with Crippen molar-refractivity contribution in [2.24, 2.45) is 0 Å². The van der Waals surface area contributed by atoms with E-state index in [1.54, 1.807) is 0 Å². The van der Waals surface area contributed by atoms with Crippen LogP contribution in [0.15, 0.2) is 24.4 Å². The van der Waals surface area contributed by atoms with E-state index in [9.17, 15) is 27.2 Å². The molecule has 0 saturated carbocycles. The van der Waals surface area contributed by atoms with Crippen molar-refractivity contribution in [1.82, 2.24) is 4.98 Å². The van der Waals surface area contributed by atoms with E-state index < -0.39 is 23.9 Å². The molecule has 1 rings (SSSR count). The van der Waals surface area contributed by atoms with Gasteiger partial charge in [0.2, 0.25) is 0 Å². The average molecular weight is 279 g/mol. The summed E-state index contributed by atoms with van der Waals surface area (Å²) in [6, 6.07) is 2.27. The summed E-state index contributed by atoms with van der Waals surface area (Å²) < 4.78 is 47.4. The first kappa shape index (κ1) is 14.6. The van der Waals surface area contributed by atoms with Gasteiger partial charge in [0.1, 0.15) is 5.82 Å². The predicted octanol–water partition coefficient (Wildman–Crippen LogP) is 1.80. The highest BCUT2D eigenvalue weighted by atomic mass is 19.4. The molecule has 0 aliphatic rings. The Bertz CT molecular complexity index is 495. The van der Waals surface area contributed by atoms with E-state index in [1.165, 1.54) is 6.07 Å². The number of aromatic nitrogens is 1. The summed E-state index contributed by atoms with van der Waals surface area (Å²) >= 11 is 0. The number of alkyl halides is 3. The van der Waals surface area contributed by atoms with Crippen molar-refractivity contribution < 1.29 is 36.9 Å². The Morgan fingerprint density at radius 1 is 1.21 bits per heavy atom. The second-order valence-electron chi connectivity index (χ2n) is 3.01. The second-order valence-corrected chi connectivity index (χ2v) is 3.01. The Morgan fingerprint density at radius 3 is 2.42 bits per heavy atom. The number of rotatable bonds is 2. The summed E-state index contributed by atoms with van der Waals surface area (Å²) in [6.07, 6.45) is -2.70. The molecule has 0 aromatic carbocycles. The van der Waals surface area contributed by atoms with Crippen LogP contribution < -0.4 is 0 Å². The zero-order valence-electron chi connectivity index (χ0n) is 8.98. The van der Waals surface area contributed by atoms with Gasteiger partial charge in [0.15, 0.2) is 0 Å². The molecule has 0 N–H and O–H groups in total. The molecule has 19 heavy (non-hydrogen) atoms. The Balaban J connectivity index is 2.48. The monoisotopic (exact) mass is 279 g/mol. The van der Waals surface area contributed by atoms with Gasteiger partial charge in [-0.15, -0.1) is 0 Å². The fourth-order valence-electron chi connectivity index (χ4n) is 0.793. The molecule has 1 aromatic heterocycles. The van der Waals surface area contributed by atoms with Crippen LogP contribution in [0.3, 0.4) is 0 Å². The standard InChI is InChI=1S/C10H5F4NO4/c11-6-1-2-7(15-5-6)3-4-8(16)18-19-9(17)10(12,13)14/h1-5H/b4-3+. The van der Waals surface area contributed by atoms with E-state index in [1.807, 2.05) is 0 Å². The van der Waals surface area contributed by atoms with E-state index in [-0.39, 0.29) is 5.69 Å². The van der Waals surface area contributed by atoms with Crippen molar-refractivity contribution >= 4 is 18.0 Å². The minimum absolute atomic E-state index is 0.153. The van der Waals surface area contributed by atoms with Gasteiger partial charge in [-0.2, -0.15) is 13.2 Å². The molecule has 0 fully saturated rings. The van der Waals surface area contributed by atoms with Crippen LogP contribution in [0, 0.1) is 5.82 Å². The Kier molecular flexibility index (Phi) is 4.56. The smallest absolute Gasteiger partial charge is 0.254 e. The molecule has 0 amide bonds. The summed E-state index contributed by atoms with van der Waals surface area (Å²) in [5, 5.41) is 0. The van der Waals surface area contributed by atoms with Crippen molar-refractivity contribution in [2.45, 2.75) is 6.18 Å². The lowest BCUT2D eigenvalue weighted by Crippen LogP contribution is -2.26. The molecule has 1 aromatic rings. The zero-order valence-corrected chi connectivity index (χ0v) is 8.98. The molecule has 0 bridgehead atoms. The van der Waals surface area contributed by atoms with Gasteiger partial charge in [-0.05, 0) is 18.2 Å². The van der Waals surface area contributed by atoms with Crippen molar-refractivity contribution in [3.8, 4) is 0 Å². The summed E-state index contributed by atoms with van der Waals surface area (Å²) in [5.74, 6) is -4.61. The quantitative estimate of drug-likeness (QED) is 0.357. The van der Waals surface area contributed by atoms with E-state index in [2.05, 4.69) is 14.8 Å². The van der Waals surface area contributed by atoms with Gasteiger partial charge >= 0.3 is 18.1 Å². The maximum atomic E-state index is 12.5. The first-order chi connectivity index (χ1) is 8.79. The molecular weight excluding hydrogens is 274 g/mol. The SMILES string of the molecule is O=C(/C=C/c1ccc(F)cn1)OOC(=O)C(F)(F)F. The molecule has 0 spiro atoms. The molecule has 0 aliphatic carbocycles. The molecule has 1 heterocycles. The predicted molar refractivity (Wildman–Crippen MR) is 51.5 cm³/mol. The number of carbonyl (C=O) groups is 2. The van der Waals surface area contributed by atoms with Crippen LogP contribution in [0.25, 0.3) is 6.08 Å². The Hall–Kier alpha value is -2.45. The van der Waals surface area contributed by atoms with Crippen LogP contribution in [0.2, 0.25) is 0 Å². The fraction of sp³-hybridized carbons (Fsp3) is 0.100. The largest absolute Gasteiger partial charge is 0.495 e. The number of nitrogens with zero attached hydrogens (tertiary/aromatic N) is 1. The fourth-order valence-corrected chi connectivity index (χ4v) is 0.793. The van der Waals surface area contributed by atoms with Crippen molar-refractivity contribution in [3.63, 3.8) is 0 Å². The highest BCUT2D eigenvalue weighted by molar-refractivity contribution is 5.87. The van der Waals surface area contributed by atoms with Crippen LogP contribution in [0.1, 0.15) is 5.69 Å². The third kappa shape index (κ3) is 5.15. The molecular formula is C10H5F4NO4. The average Bonchev–Trinajstić information content (AvgIpc) is 2.34. The maximum Gasteiger partial charge on any atom is 0.495 e. The summed E-state index contributed by atoms with van der Waals surface area (Å²) in [4.78, 5) is 31.4. The summed E-state index contributed by atoms with van der Waals surface area (Å²) in [7, 11) is 0. The maximum absolute atomic E-state index is 12.5. The summed E-state index contributed by atoms with van der Waals surface area (Å²) in [6.45, 7) is 0. The number of halogens is 4. The van der Waals surface area contributed by atoms with E-state index in [0.717, 1.165) is 18.3 Å². The van der Waals surface area contributed by atoms with E-state index in [0.29, 0.717) is 6.08 Å². The third-order valence-electron chi connectivity index (χ3n) is 1.57. The van der Waals surface area contributed by atoms with Gasteiger partial charge in [-0.25, -0.2) is 23.8 Å². The van der Waals surface area contributed by atoms with Crippen LogP contribution in [-0.2, 0) is 19.4 Å². The molecule has 0 aliphatic heterocycles. The van der Waals surface area contributed by atoms with Crippen LogP contribution in [0.4, 0.5) is 17.6 Å². The topological polar surface area (TPSA) is 65.5 Å². The first-order valence-electron chi connectivity index (χ1n) is 4.58. The molecule has 102 valence electrons. The third-order valence-corrected chi connectivity index (χ3v) is 1.57. The van der Waals surface area contributed by atoms with Gasteiger partial charge < -0.3 is 0 Å². The van der Waals surface area contributed by atoms with E-state index in [4.69, 9.17) is 0 Å². The number of pyridine rings is 1. The Morgan fingerprint density at radius 2 is 1.89 bits per heavy atom. The lowest BCUT2D eigenvalue weighted by atomic mass is 10.3. The van der Waals surface area contributed by atoms with Crippen molar-refractivity contribution in [2.75, 3.05) is 0 Å². The molecule has 0 saturated heterocycles. The van der Waals surface area contributed by atoms with Crippen molar-refractivity contribution in [3.05, 3.63) is 35.9 Å². The minimum atomic E-state index is -5.26. The molecule has 0 unspecified atom stereocenters. The normalized spacial score (nSPS) is 11.4. The van der Waals surface area contributed by atoms with Gasteiger partial charge in [0.25, 0.3) is 0 Å².